The monoisotopic (exact) mass is 210 g/mol. The van der Waals surface area contributed by atoms with E-state index in [0.717, 1.165) is 0 Å². The number of hydrogen-bond donors (Lipinski definition) is 1. The first-order valence-electron chi connectivity index (χ1n) is 4.21. The second-order valence-corrected chi connectivity index (χ2v) is 2.75. The van der Waals surface area contributed by atoms with E-state index in [1.54, 1.807) is 0 Å². The molecule has 0 spiro atoms. The number of hydrogen-bond acceptors (Lipinski definition) is 5. The number of carbonyl (C=O) groups is 2. The van der Waals surface area contributed by atoms with Gasteiger partial charge in [-0.05, 0) is 12.1 Å². The molecular formula is C10H10O5. The minimum atomic E-state index is -0.698. The topological polar surface area (TPSA) is 72.8 Å². The predicted molar refractivity (Wildman–Crippen MR) is 50.4 cm³/mol. The lowest BCUT2D eigenvalue weighted by atomic mass is 10.3. The van der Waals surface area contributed by atoms with E-state index in [0.29, 0.717) is 0 Å². The summed E-state index contributed by atoms with van der Waals surface area (Å²) < 4.78 is 9.20. The van der Waals surface area contributed by atoms with Crippen molar-refractivity contribution < 1.29 is 24.2 Å². The van der Waals surface area contributed by atoms with Gasteiger partial charge in [0.05, 0.1) is 0 Å². The SMILES string of the molecule is CC(=O)OCC(=O)Oc1cccc(O)c1. The molecule has 0 heterocycles. The first kappa shape index (κ1) is 11.0. The number of benzene rings is 1. The van der Waals surface area contributed by atoms with Crippen molar-refractivity contribution in [2.24, 2.45) is 0 Å². The third-order valence-electron chi connectivity index (χ3n) is 1.44. The Balaban J connectivity index is 2.48. The van der Waals surface area contributed by atoms with E-state index >= 15 is 0 Å². The van der Waals surface area contributed by atoms with E-state index in [2.05, 4.69) is 4.74 Å². The zero-order valence-electron chi connectivity index (χ0n) is 8.10. The number of esters is 2. The molecule has 0 aromatic heterocycles. The van der Waals surface area contributed by atoms with Crippen LogP contribution in [0, 0.1) is 0 Å². The summed E-state index contributed by atoms with van der Waals surface area (Å²) in [6.45, 7) is 0.757. The van der Waals surface area contributed by atoms with Crippen LogP contribution in [0.3, 0.4) is 0 Å². The molecule has 0 aliphatic heterocycles. The van der Waals surface area contributed by atoms with Crippen LogP contribution >= 0.6 is 0 Å². The van der Waals surface area contributed by atoms with Gasteiger partial charge in [0.25, 0.3) is 0 Å². The van der Waals surface area contributed by atoms with Crippen LogP contribution in [0.1, 0.15) is 6.92 Å². The summed E-state index contributed by atoms with van der Waals surface area (Å²) in [6, 6.07) is 5.77. The van der Waals surface area contributed by atoms with Gasteiger partial charge in [-0.1, -0.05) is 6.07 Å². The maximum absolute atomic E-state index is 11.0. The number of carbonyl (C=O) groups excluding carboxylic acids is 2. The van der Waals surface area contributed by atoms with Crippen LogP contribution in [0.15, 0.2) is 24.3 Å². The lowest BCUT2D eigenvalue weighted by Crippen LogP contribution is -2.17. The largest absolute Gasteiger partial charge is 0.508 e. The summed E-state index contributed by atoms with van der Waals surface area (Å²) in [5, 5.41) is 9.07. The van der Waals surface area contributed by atoms with E-state index in [9.17, 15) is 9.59 Å². The van der Waals surface area contributed by atoms with Crippen LogP contribution in [-0.2, 0) is 14.3 Å². The van der Waals surface area contributed by atoms with Gasteiger partial charge >= 0.3 is 11.9 Å². The van der Waals surface area contributed by atoms with Crippen LogP contribution in [-0.4, -0.2) is 23.7 Å². The maximum Gasteiger partial charge on any atom is 0.349 e. The Labute approximate surface area is 86.2 Å². The van der Waals surface area contributed by atoms with E-state index in [4.69, 9.17) is 9.84 Å². The van der Waals surface area contributed by atoms with Crippen LogP contribution in [0.25, 0.3) is 0 Å². The maximum atomic E-state index is 11.0. The Morgan fingerprint density at radius 1 is 1.40 bits per heavy atom. The van der Waals surface area contributed by atoms with Gasteiger partial charge in [0.1, 0.15) is 11.5 Å². The fourth-order valence-electron chi connectivity index (χ4n) is 0.868. The summed E-state index contributed by atoms with van der Waals surface area (Å²) in [7, 11) is 0. The van der Waals surface area contributed by atoms with Crippen molar-refractivity contribution in [3.05, 3.63) is 24.3 Å². The predicted octanol–water partition coefficient (Wildman–Crippen LogP) is 0.861. The summed E-state index contributed by atoms with van der Waals surface area (Å²) in [5.74, 6) is -1.06. The van der Waals surface area contributed by atoms with Gasteiger partial charge in [-0.3, -0.25) is 4.79 Å². The number of rotatable bonds is 3. The molecule has 0 fully saturated rings. The van der Waals surface area contributed by atoms with Gasteiger partial charge < -0.3 is 14.6 Å². The van der Waals surface area contributed by atoms with Crippen LogP contribution in [0.2, 0.25) is 0 Å². The lowest BCUT2D eigenvalue weighted by molar-refractivity contribution is -0.152. The third-order valence-corrected chi connectivity index (χ3v) is 1.44. The number of aromatic hydroxyl groups is 1. The number of phenolic OH excluding ortho intramolecular Hbond substituents is 1. The van der Waals surface area contributed by atoms with Gasteiger partial charge in [0, 0.05) is 13.0 Å². The molecule has 1 rings (SSSR count). The van der Waals surface area contributed by atoms with Crippen molar-refractivity contribution in [1.82, 2.24) is 0 Å². The molecule has 0 aliphatic carbocycles. The minimum absolute atomic E-state index is 0.00668. The second-order valence-electron chi connectivity index (χ2n) is 2.75. The standard InChI is InChI=1S/C10H10O5/c1-7(11)14-6-10(13)15-9-4-2-3-8(12)5-9/h2-5,12H,6H2,1H3. The molecule has 0 aliphatic rings. The van der Waals surface area contributed by atoms with E-state index in [1.807, 2.05) is 0 Å². The molecular weight excluding hydrogens is 200 g/mol. The molecule has 0 saturated carbocycles. The molecule has 1 N–H and O–H groups in total. The lowest BCUT2D eigenvalue weighted by Gasteiger charge is -2.04. The van der Waals surface area contributed by atoms with Crippen molar-refractivity contribution >= 4 is 11.9 Å². The highest BCUT2D eigenvalue weighted by atomic mass is 16.6. The molecule has 1 aromatic carbocycles. The summed E-state index contributed by atoms with van der Waals surface area (Å²) in [5.41, 5.74) is 0. The van der Waals surface area contributed by atoms with Gasteiger partial charge in [-0.2, -0.15) is 0 Å². The average Bonchev–Trinajstić information content (AvgIpc) is 2.15. The first-order valence-corrected chi connectivity index (χ1v) is 4.21. The molecule has 0 bridgehead atoms. The Morgan fingerprint density at radius 3 is 2.73 bits per heavy atom. The molecule has 1 aromatic rings. The molecule has 5 heteroatoms. The fourth-order valence-corrected chi connectivity index (χ4v) is 0.868. The molecule has 80 valence electrons. The summed E-state index contributed by atoms with van der Waals surface area (Å²) >= 11 is 0. The van der Waals surface area contributed by atoms with Gasteiger partial charge in [-0.15, -0.1) is 0 Å². The highest BCUT2D eigenvalue weighted by Crippen LogP contribution is 2.17. The number of phenols is 1. The van der Waals surface area contributed by atoms with Crippen LogP contribution < -0.4 is 4.74 Å². The first-order chi connectivity index (χ1) is 7.08. The van der Waals surface area contributed by atoms with Crippen LogP contribution in [0.5, 0.6) is 11.5 Å². The Hall–Kier alpha value is -2.04. The Morgan fingerprint density at radius 2 is 2.13 bits per heavy atom. The minimum Gasteiger partial charge on any atom is -0.508 e. The van der Waals surface area contributed by atoms with Crippen molar-refractivity contribution in [2.45, 2.75) is 6.92 Å². The number of ether oxygens (including phenoxy) is 2. The Bertz CT molecular complexity index is 372. The molecule has 0 radical (unpaired) electrons. The third kappa shape index (κ3) is 4.12. The zero-order valence-corrected chi connectivity index (χ0v) is 8.10. The smallest absolute Gasteiger partial charge is 0.349 e. The molecule has 0 unspecified atom stereocenters. The van der Waals surface area contributed by atoms with Gasteiger partial charge in [0.2, 0.25) is 0 Å². The average molecular weight is 210 g/mol. The normalized spacial score (nSPS) is 9.40. The van der Waals surface area contributed by atoms with E-state index in [-0.39, 0.29) is 11.5 Å². The quantitative estimate of drug-likeness (QED) is 0.591. The van der Waals surface area contributed by atoms with Crippen molar-refractivity contribution in [2.75, 3.05) is 6.61 Å². The van der Waals surface area contributed by atoms with E-state index in [1.165, 1.54) is 31.2 Å². The van der Waals surface area contributed by atoms with Crippen molar-refractivity contribution in [3.8, 4) is 11.5 Å². The summed E-state index contributed by atoms with van der Waals surface area (Å²) in [4.78, 5) is 21.4. The molecule has 0 amide bonds. The summed E-state index contributed by atoms with van der Waals surface area (Å²) in [6.07, 6.45) is 0. The highest BCUT2D eigenvalue weighted by Gasteiger charge is 2.06. The second kappa shape index (κ2) is 4.99. The highest BCUT2D eigenvalue weighted by molar-refractivity contribution is 5.77. The van der Waals surface area contributed by atoms with Crippen molar-refractivity contribution in [3.63, 3.8) is 0 Å². The van der Waals surface area contributed by atoms with Gasteiger partial charge in [0.15, 0.2) is 6.61 Å². The van der Waals surface area contributed by atoms with Crippen LogP contribution in [0.4, 0.5) is 0 Å². The fraction of sp³-hybridized carbons (Fsp3) is 0.200. The molecule has 0 saturated heterocycles. The zero-order chi connectivity index (χ0) is 11.3. The van der Waals surface area contributed by atoms with Gasteiger partial charge in [-0.25, -0.2) is 4.79 Å². The van der Waals surface area contributed by atoms with Crippen molar-refractivity contribution in [1.29, 1.82) is 0 Å². The molecule has 0 atom stereocenters. The molecule has 5 nitrogen and oxygen atoms in total. The molecule has 15 heavy (non-hydrogen) atoms. The van der Waals surface area contributed by atoms with E-state index < -0.39 is 18.5 Å². The Kier molecular flexibility index (Phi) is 3.68.